The van der Waals surface area contributed by atoms with E-state index in [-0.39, 0.29) is 6.10 Å². The van der Waals surface area contributed by atoms with Crippen LogP contribution in [0.5, 0.6) is 0 Å². The van der Waals surface area contributed by atoms with Crippen LogP contribution in [0.25, 0.3) is 0 Å². The molecule has 2 aliphatic heterocycles. The number of likely N-dealkylation sites (tertiary alicyclic amines) is 1. The maximum absolute atomic E-state index is 12.2. The second-order valence-electron chi connectivity index (χ2n) is 6.17. The molecular weight excluding hydrogens is 254 g/mol. The average molecular weight is 279 g/mol. The smallest absolute Gasteiger partial charge is 0.223 e. The van der Waals surface area contributed by atoms with E-state index in [2.05, 4.69) is 12.2 Å². The third-order valence-corrected chi connectivity index (χ3v) is 4.62. The zero-order valence-electron chi connectivity index (χ0n) is 12.1. The highest BCUT2D eigenvalue weighted by atomic mass is 16.5. The molecule has 0 N–H and O–H groups in total. The zero-order chi connectivity index (χ0) is 13.8. The van der Waals surface area contributed by atoms with Gasteiger partial charge in [-0.15, -0.1) is 0 Å². The van der Waals surface area contributed by atoms with Crippen molar-refractivity contribution in [3.8, 4) is 0 Å². The van der Waals surface area contributed by atoms with Crippen LogP contribution in [0.1, 0.15) is 38.5 Å². The first kappa shape index (κ1) is 14.1. The fraction of sp³-hybridized carbons (Fsp3) is 0.812. The van der Waals surface area contributed by atoms with Gasteiger partial charge < -0.3 is 14.4 Å². The van der Waals surface area contributed by atoms with E-state index in [0.29, 0.717) is 24.3 Å². The molecule has 0 radical (unpaired) electrons. The molecular formula is C16H25NO3. The number of carbonyl (C=O) groups excluding carboxylic acids is 1. The zero-order valence-corrected chi connectivity index (χ0v) is 12.1. The van der Waals surface area contributed by atoms with Gasteiger partial charge in [-0.1, -0.05) is 12.2 Å². The maximum Gasteiger partial charge on any atom is 0.223 e. The van der Waals surface area contributed by atoms with Crippen LogP contribution < -0.4 is 0 Å². The monoisotopic (exact) mass is 279 g/mol. The third kappa shape index (κ3) is 3.61. The molecule has 4 nitrogen and oxygen atoms in total. The first-order valence-corrected chi connectivity index (χ1v) is 7.99. The summed E-state index contributed by atoms with van der Waals surface area (Å²) in [5, 5.41) is 0. The normalized spacial score (nSPS) is 31.1. The minimum Gasteiger partial charge on any atom is -0.379 e. The summed E-state index contributed by atoms with van der Waals surface area (Å²) >= 11 is 0. The molecule has 3 rings (SSSR count). The van der Waals surface area contributed by atoms with E-state index in [9.17, 15) is 4.79 Å². The van der Waals surface area contributed by atoms with Gasteiger partial charge in [-0.25, -0.2) is 0 Å². The molecule has 0 spiro atoms. The SMILES string of the molecule is O=C(CC1C=CCC1)N1CCC(OC2CCOC2)CC1. The highest BCUT2D eigenvalue weighted by Crippen LogP contribution is 2.23. The Hall–Kier alpha value is -0.870. The standard InChI is InChI=1S/C16H25NO3/c18-16(11-13-3-1-2-4-13)17-8-5-14(6-9-17)20-15-7-10-19-12-15/h1,3,13-15H,2,4-12H2. The highest BCUT2D eigenvalue weighted by molar-refractivity contribution is 5.76. The van der Waals surface area contributed by atoms with Gasteiger partial charge in [0.15, 0.2) is 0 Å². The molecule has 2 unspecified atom stereocenters. The Morgan fingerprint density at radius 1 is 1.20 bits per heavy atom. The lowest BCUT2D eigenvalue weighted by molar-refractivity contribution is -0.135. The molecule has 1 amide bonds. The lowest BCUT2D eigenvalue weighted by Gasteiger charge is -2.33. The summed E-state index contributed by atoms with van der Waals surface area (Å²) < 4.78 is 11.4. The molecule has 3 aliphatic rings. The number of amides is 1. The fourth-order valence-electron chi connectivity index (χ4n) is 3.35. The lowest BCUT2D eigenvalue weighted by Crippen LogP contribution is -2.42. The number of rotatable bonds is 4. The second kappa shape index (κ2) is 6.72. The summed E-state index contributed by atoms with van der Waals surface area (Å²) in [6.45, 7) is 3.28. The van der Waals surface area contributed by atoms with Gasteiger partial charge in [-0.2, -0.15) is 0 Å². The Kier molecular flexibility index (Phi) is 4.73. The van der Waals surface area contributed by atoms with E-state index < -0.39 is 0 Å². The summed E-state index contributed by atoms with van der Waals surface area (Å²) in [5.41, 5.74) is 0. The summed E-state index contributed by atoms with van der Waals surface area (Å²) in [6, 6.07) is 0. The van der Waals surface area contributed by atoms with Crippen molar-refractivity contribution in [2.75, 3.05) is 26.3 Å². The van der Waals surface area contributed by atoms with E-state index >= 15 is 0 Å². The van der Waals surface area contributed by atoms with E-state index in [4.69, 9.17) is 9.47 Å². The van der Waals surface area contributed by atoms with Gasteiger partial charge in [-0.3, -0.25) is 4.79 Å². The van der Waals surface area contributed by atoms with Crippen LogP contribution in [-0.4, -0.2) is 49.3 Å². The molecule has 112 valence electrons. The van der Waals surface area contributed by atoms with Crippen molar-refractivity contribution in [2.45, 2.75) is 50.7 Å². The van der Waals surface area contributed by atoms with E-state index in [1.807, 2.05) is 4.90 Å². The van der Waals surface area contributed by atoms with Gasteiger partial charge in [0.1, 0.15) is 0 Å². The summed E-state index contributed by atoms with van der Waals surface area (Å²) in [7, 11) is 0. The second-order valence-corrected chi connectivity index (χ2v) is 6.17. The van der Waals surface area contributed by atoms with Gasteiger partial charge in [0.25, 0.3) is 0 Å². The van der Waals surface area contributed by atoms with Crippen LogP contribution in [0.2, 0.25) is 0 Å². The Morgan fingerprint density at radius 2 is 2.05 bits per heavy atom. The van der Waals surface area contributed by atoms with E-state index in [0.717, 1.165) is 58.4 Å². The molecule has 2 saturated heterocycles. The van der Waals surface area contributed by atoms with Crippen LogP contribution in [0.3, 0.4) is 0 Å². The molecule has 0 saturated carbocycles. The van der Waals surface area contributed by atoms with Crippen molar-refractivity contribution in [1.82, 2.24) is 4.90 Å². The van der Waals surface area contributed by atoms with Crippen molar-refractivity contribution in [3.63, 3.8) is 0 Å². The molecule has 0 bridgehead atoms. The Labute approximate surface area is 121 Å². The number of ether oxygens (including phenoxy) is 2. The minimum atomic E-state index is 0.283. The topological polar surface area (TPSA) is 38.8 Å². The van der Waals surface area contributed by atoms with Crippen molar-refractivity contribution in [2.24, 2.45) is 5.92 Å². The predicted octanol–water partition coefficient (Wildman–Crippen LogP) is 2.14. The molecule has 20 heavy (non-hydrogen) atoms. The largest absolute Gasteiger partial charge is 0.379 e. The van der Waals surface area contributed by atoms with Crippen LogP contribution in [0, 0.1) is 5.92 Å². The fourth-order valence-corrected chi connectivity index (χ4v) is 3.35. The quantitative estimate of drug-likeness (QED) is 0.740. The molecule has 2 fully saturated rings. The molecule has 4 heteroatoms. The number of allylic oxidation sites excluding steroid dienone is 2. The van der Waals surface area contributed by atoms with Crippen LogP contribution in [0.4, 0.5) is 0 Å². The summed E-state index contributed by atoms with van der Waals surface area (Å²) in [6.07, 6.45) is 10.9. The highest BCUT2D eigenvalue weighted by Gasteiger charge is 2.27. The Balaban J connectivity index is 1.38. The molecule has 2 heterocycles. The number of nitrogens with zero attached hydrogens (tertiary/aromatic N) is 1. The van der Waals surface area contributed by atoms with E-state index in [1.54, 1.807) is 0 Å². The lowest BCUT2D eigenvalue weighted by atomic mass is 10.0. The Bertz CT molecular complexity index is 355. The molecule has 0 aromatic heterocycles. The van der Waals surface area contributed by atoms with Crippen LogP contribution in [-0.2, 0) is 14.3 Å². The van der Waals surface area contributed by atoms with Gasteiger partial charge in [0.2, 0.25) is 5.91 Å². The van der Waals surface area contributed by atoms with Crippen molar-refractivity contribution in [3.05, 3.63) is 12.2 Å². The van der Waals surface area contributed by atoms with Gasteiger partial charge >= 0.3 is 0 Å². The minimum absolute atomic E-state index is 0.283. The Morgan fingerprint density at radius 3 is 2.70 bits per heavy atom. The number of piperidine rings is 1. The number of hydrogen-bond acceptors (Lipinski definition) is 3. The van der Waals surface area contributed by atoms with E-state index in [1.165, 1.54) is 0 Å². The van der Waals surface area contributed by atoms with Crippen molar-refractivity contribution >= 4 is 5.91 Å². The predicted molar refractivity (Wildman–Crippen MR) is 76.4 cm³/mol. The van der Waals surface area contributed by atoms with Gasteiger partial charge in [0.05, 0.1) is 18.8 Å². The molecule has 0 aromatic carbocycles. The molecule has 0 aromatic rings. The first-order valence-electron chi connectivity index (χ1n) is 7.99. The average Bonchev–Trinajstić information content (AvgIpc) is 3.13. The van der Waals surface area contributed by atoms with Crippen LogP contribution in [0.15, 0.2) is 12.2 Å². The van der Waals surface area contributed by atoms with Crippen molar-refractivity contribution in [1.29, 1.82) is 0 Å². The first-order chi connectivity index (χ1) is 9.81. The third-order valence-electron chi connectivity index (χ3n) is 4.62. The molecule has 2 atom stereocenters. The van der Waals surface area contributed by atoms with Gasteiger partial charge in [-0.05, 0) is 38.0 Å². The maximum atomic E-state index is 12.2. The number of hydrogen-bond donors (Lipinski definition) is 0. The summed E-state index contributed by atoms with van der Waals surface area (Å²) in [5.74, 6) is 0.802. The summed E-state index contributed by atoms with van der Waals surface area (Å²) in [4.78, 5) is 14.3. The van der Waals surface area contributed by atoms with Gasteiger partial charge in [0, 0.05) is 26.1 Å². The molecule has 1 aliphatic carbocycles. The number of carbonyl (C=O) groups is 1. The van der Waals surface area contributed by atoms with Crippen molar-refractivity contribution < 1.29 is 14.3 Å². The van der Waals surface area contributed by atoms with Crippen LogP contribution >= 0.6 is 0 Å².